The molecule has 1 aromatic heterocycles. The number of alkyl carbamates (subject to hydrolysis) is 1. The number of rotatable bonds is 10. The molecule has 63 heavy (non-hydrogen) atoms. The number of Topliss-reactive ketones (excluding diaryl/α,β-unsaturated/α-hetero) is 1. The number of methoxy groups -OCH3 is 1. The highest BCUT2D eigenvalue weighted by atomic mass is 16.5. The summed E-state index contributed by atoms with van der Waals surface area (Å²) in [5.41, 5.74) is 1.13. The standard InChI is InChI=1S/C48H65N5O7.CO2/c1-7-10-22-60-43(56)49-27-38(54)48(58)41-47(18-21-53-19-13-17-46(9-3,40(47)53)42(48)55)33-23-34(37(59-6)24-36(33)51(41)5)44(4)25-30-26-45(57,8-2)29-52(28-30)20-16-32-31-14-11-12-15-35(31)50-39(32)44;2-1-3/h11-15,17,23-24,30,40-42,50,55,57-58H,7-10,16,18-22,25-29H2,1-6H3,(H,49,56);/t30?,40-,41+,42+,44+,45?,46+,47+,48-;/m0./s1. The third-order valence-corrected chi connectivity index (χ3v) is 16.2. The number of amides is 1. The fourth-order valence-electron chi connectivity index (χ4n) is 13.6. The molecule has 3 unspecified atom stereocenters. The molecule has 10 atom stereocenters. The minimum atomic E-state index is -2.26. The van der Waals surface area contributed by atoms with Crippen LogP contribution in [0.5, 0.6) is 5.75 Å². The number of ketones is 1. The number of H-pyrrole nitrogens is 1. The maximum absolute atomic E-state index is 14.8. The van der Waals surface area contributed by atoms with Crippen LogP contribution in [0.2, 0.25) is 0 Å². The number of aromatic amines is 1. The zero-order valence-corrected chi connectivity index (χ0v) is 37.7. The predicted molar refractivity (Wildman–Crippen MR) is 237 cm³/mol. The van der Waals surface area contributed by atoms with Crippen molar-refractivity contribution in [1.82, 2.24) is 20.1 Å². The van der Waals surface area contributed by atoms with Crippen LogP contribution in [-0.4, -0.2) is 138 Å². The van der Waals surface area contributed by atoms with E-state index in [1.807, 2.05) is 25.8 Å². The molecule has 2 aromatic carbocycles. The average molecular weight is 868 g/mol. The third kappa shape index (κ3) is 6.77. The van der Waals surface area contributed by atoms with E-state index in [4.69, 9.17) is 19.1 Å². The summed E-state index contributed by atoms with van der Waals surface area (Å²) in [6.07, 6.45) is 7.95. The maximum atomic E-state index is 14.8. The Balaban J connectivity index is 0.00000177. The van der Waals surface area contributed by atoms with Gasteiger partial charge >= 0.3 is 12.2 Å². The van der Waals surface area contributed by atoms with Crippen LogP contribution < -0.4 is 15.0 Å². The molecule has 3 fully saturated rings. The summed E-state index contributed by atoms with van der Waals surface area (Å²) in [6.45, 7) is 12.1. The van der Waals surface area contributed by atoms with E-state index in [1.165, 1.54) is 10.9 Å². The number of likely N-dealkylation sites (N-methyl/N-ethyl adjacent to an activating group) is 1. The van der Waals surface area contributed by atoms with Gasteiger partial charge in [0.25, 0.3) is 0 Å². The quantitative estimate of drug-likeness (QED) is 0.141. The molecular formula is C49H65N5O9. The Morgan fingerprint density at radius 2 is 1.79 bits per heavy atom. The maximum Gasteiger partial charge on any atom is 0.407 e. The molecule has 6 heterocycles. The molecule has 1 amide bonds. The third-order valence-electron chi connectivity index (χ3n) is 16.2. The Bertz CT molecular complexity index is 2310. The monoisotopic (exact) mass is 867 g/mol. The lowest BCUT2D eigenvalue weighted by Crippen LogP contribution is -2.81. The van der Waals surface area contributed by atoms with Gasteiger partial charge in [-0.1, -0.05) is 57.5 Å². The van der Waals surface area contributed by atoms with Crippen LogP contribution >= 0.6 is 0 Å². The van der Waals surface area contributed by atoms with Crippen LogP contribution in [0.15, 0.2) is 48.6 Å². The highest BCUT2D eigenvalue weighted by Gasteiger charge is 2.78. The van der Waals surface area contributed by atoms with Crippen molar-refractivity contribution in [1.29, 1.82) is 0 Å². The van der Waals surface area contributed by atoms with Gasteiger partial charge in [-0.15, -0.1) is 0 Å². The number of aliphatic hydroxyl groups is 3. The van der Waals surface area contributed by atoms with E-state index in [-0.39, 0.29) is 24.7 Å². The van der Waals surface area contributed by atoms with Crippen molar-refractivity contribution in [2.75, 3.05) is 64.9 Å². The van der Waals surface area contributed by atoms with Crippen molar-refractivity contribution in [3.8, 4) is 5.75 Å². The van der Waals surface area contributed by atoms with Crippen molar-refractivity contribution >= 4 is 34.6 Å². The first-order valence-electron chi connectivity index (χ1n) is 22.9. The summed E-state index contributed by atoms with van der Waals surface area (Å²) >= 11 is 0. The molecule has 14 heteroatoms. The number of aliphatic hydroxyl groups excluding tert-OH is 1. The molecule has 14 nitrogen and oxygen atoms in total. The number of carbonyl (C=O) groups excluding carboxylic acids is 4. The zero-order chi connectivity index (χ0) is 45.1. The first-order chi connectivity index (χ1) is 30.2. The van der Waals surface area contributed by atoms with Crippen LogP contribution in [0.4, 0.5) is 10.5 Å². The van der Waals surface area contributed by atoms with Crippen molar-refractivity contribution < 1.29 is 44.0 Å². The van der Waals surface area contributed by atoms with Gasteiger partial charge in [0.05, 0.1) is 31.9 Å². The number of carbonyl (C=O) groups is 2. The molecular weight excluding hydrogens is 803 g/mol. The van der Waals surface area contributed by atoms with E-state index < -0.39 is 58.0 Å². The molecule has 0 radical (unpaired) electrons. The zero-order valence-electron chi connectivity index (χ0n) is 37.7. The van der Waals surface area contributed by atoms with Crippen LogP contribution in [-0.2, 0) is 36.4 Å². The number of anilines is 1. The minimum absolute atomic E-state index is 0.199. The van der Waals surface area contributed by atoms with E-state index in [1.54, 1.807) is 7.11 Å². The summed E-state index contributed by atoms with van der Waals surface area (Å²) in [6, 6.07) is 11.9. The number of nitrogens with zero attached hydrogens (tertiary/aromatic N) is 3. The average Bonchev–Trinajstić information content (AvgIpc) is 3.94. The van der Waals surface area contributed by atoms with Crippen LogP contribution in [0.25, 0.3) is 10.9 Å². The number of piperidine rings is 1. The second-order valence-electron chi connectivity index (χ2n) is 19.4. The van der Waals surface area contributed by atoms with Crippen molar-refractivity contribution in [2.24, 2.45) is 11.3 Å². The summed E-state index contributed by atoms with van der Waals surface area (Å²) in [5.74, 6) is 0.274. The van der Waals surface area contributed by atoms with Gasteiger partial charge in [-0.2, -0.15) is 9.59 Å². The summed E-state index contributed by atoms with van der Waals surface area (Å²) in [5, 5.41) is 41.8. The van der Waals surface area contributed by atoms with Crippen molar-refractivity contribution in [2.45, 2.75) is 119 Å². The molecule has 5 aliphatic heterocycles. The Labute approximate surface area is 370 Å². The van der Waals surface area contributed by atoms with E-state index in [9.17, 15) is 24.9 Å². The smallest absolute Gasteiger partial charge is 0.407 e. The van der Waals surface area contributed by atoms with Crippen molar-refractivity contribution in [3.05, 3.63) is 70.9 Å². The summed E-state index contributed by atoms with van der Waals surface area (Å²) in [4.78, 5) is 54.7. The second-order valence-corrected chi connectivity index (χ2v) is 19.4. The number of hydrogen-bond donors (Lipinski definition) is 5. The molecule has 1 spiro atoms. The molecule has 9 rings (SSSR count). The van der Waals surface area contributed by atoms with Gasteiger partial charge in [0.1, 0.15) is 11.9 Å². The fraction of sp³-hybridized carbons (Fsp3) is 0.612. The molecule has 2 saturated heterocycles. The summed E-state index contributed by atoms with van der Waals surface area (Å²) < 4.78 is 11.8. The number of para-hydroxylation sites is 1. The topological polar surface area (TPSA) is 185 Å². The lowest BCUT2D eigenvalue weighted by Gasteiger charge is -2.63. The predicted octanol–water partition coefficient (Wildman–Crippen LogP) is 4.61. The molecule has 6 aliphatic rings. The molecule has 1 aliphatic carbocycles. The minimum Gasteiger partial charge on any atom is -0.496 e. The van der Waals surface area contributed by atoms with Gasteiger partial charge in [0, 0.05) is 89.4 Å². The van der Waals surface area contributed by atoms with Crippen molar-refractivity contribution in [3.63, 3.8) is 0 Å². The number of ether oxygens (including phenoxy) is 2. The van der Waals surface area contributed by atoms with Crippen LogP contribution in [0, 0.1) is 11.3 Å². The van der Waals surface area contributed by atoms with Gasteiger partial charge in [0.15, 0.2) is 11.4 Å². The number of hydrogen-bond acceptors (Lipinski definition) is 12. The lowest BCUT2D eigenvalue weighted by molar-refractivity contribution is -0.201. The second kappa shape index (κ2) is 16.8. The molecule has 340 valence electrons. The lowest BCUT2D eigenvalue weighted by atomic mass is 9.47. The first kappa shape index (κ1) is 45.0. The largest absolute Gasteiger partial charge is 0.496 e. The van der Waals surface area contributed by atoms with E-state index in [0.717, 1.165) is 66.9 Å². The number of unbranched alkanes of at least 4 members (excludes halogenated alkanes) is 1. The van der Waals surface area contributed by atoms with Gasteiger partial charge in [0.2, 0.25) is 0 Å². The summed E-state index contributed by atoms with van der Waals surface area (Å²) in [7, 11) is 3.64. The number of fused-ring (bicyclic) bond motifs is 6. The van der Waals surface area contributed by atoms with Crippen LogP contribution in [0.1, 0.15) is 95.0 Å². The van der Waals surface area contributed by atoms with Crippen LogP contribution in [0.3, 0.4) is 0 Å². The highest BCUT2D eigenvalue weighted by Crippen LogP contribution is 2.67. The van der Waals surface area contributed by atoms with E-state index in [2.05, 4.69) is 82.5 Å². The molecule has 3 aromatic rings. The molecule has 2 bridgehead atoms. The van der Waals surface area contributed by atoms with E-state index >= 15 is 0 Å². The normalized spacial score (nSPS) is 35.1. The fourth-order valence-corrected chi connectivity index (χ4v) is 13.6. The Kier molecular flexibility index (Phi) is 12.0. The number of aromatic nitrogens is 1. The SMILES string of the molecule is CCCCOC(=O)NCC(=O)[C@@]1(O)[C@H](O)[C@]2(CC)C=CCN3CC[C@@]4(c5cc([C@@]6(C)CC7CN(CCc8c6[nH]c6ccccc86)CC(O)(CC)C7)c(OC)cc5N(C)[C@@H]14)[C@@H]32.O=C=O. The molecule has 5 N–H and O–H groups in total. The Morgan fingerprint density at radius 3 is 2.51 bits per heavy atom. The highest BCUT2D eigenvalue weighted by molar-refractivity contribution is 5.95. The number of nitrogens with one attached hydrogen (secondary N) is 2. The Hall–Kier alpha value is -4.56. The van der Waals surface area contributed by atoms with Gasteiger partial charge in [-0.25, -0.2) is 4.79 Å². The Morgan fingerprint density at radius 1 is 1.03 bits per heavy atom. The number of benzene rings is 2. The first-order valence-corrected chi connectivity index (χ1v) is 22.9. The molecule has 1 saturated carbocycles. The van der Waals surface area contributed by atoms with E-state index in [0.29, 0.717) is 50.9 Å². The van der Waals surface area contributed by atoms with Gasteiger partial charge < -0.3 is 40.0 Å². The van der Waals surface area contributed by atoms with Gasteiger partial charge in [-0.3, -0.25) is 14.6 Å². The van der Waals surface area contributed by atoms with Gasteiger partial charge in [-0.05, 0) is 87.6 Å².